The highest BCUT2D eigenvalue weighted by Gasteiger charge is 2.17. The largest absolute Gasteiger partial charge is 0.455 e. The Hall–Kier alpha value is -2.82. The maximum absolute atomic E-state index is 12.3. The molecule has 0 aliphatic rings. The van der Waals surface area contributed by atoms with Crippen molar-refractivity contribution in [3.05, 3.63) is 54.6 Å². The summed E-state index contributed by atoms with van der Waals surface area (Å²) in [5, 5.41) is 2.81. The Morgan fingerprint density at radius 3 is 2.29 bits per heavy atom. The van der Waals surface area contributed by atoms with Gasteiger partial charge in [0.25, 0.3) is 0 Å². The molecule has 0 aromatic heterocycles. The minimum atomic E-state index is -0.261. The summed E-state index contributed by atoms with van der Waals surface area (Å²) in [6, 6.07) is 16.5. The number of carbonyl (C=O) groups is 2. The number of amides is 2. The maximum atomic E-state index is 12.3. The Morgan fingerprint density at radius 2 is 1.67 bits per heavy atom. The summed E-state index contributed by atoms with van der Waals surface area (Å²) in [5.74, 6) is 0.847. The van der Waals surface area contributed by atoms with Crippen LogP contribution in [0.15, 0.2) is 54.6 Å². The predicted octanol–water partition coefficient (Wildman–Crippen LogP) is 3.67. The number of benzene rings is 2. The van der Waals surface area contributed by atoms with Crippen molar-refractivity contribution in [3.63, 3.8) is 0 Å². The lowest BCUT2D eigenvalue weighted by atomic mass is 10.2. The molecule has 0 spiro atoms. The van der Waals surface area contributed by atoms with Gasteiger partial charge in [-0.3, -0.25) is 9.59 Å². The van der Waals surface area contributed by atoms with E-state index in [9.17, 15) is 9.59 Å². The molecule has 0 fully saturated rings. The Bertz CT molecular complexity index is 699. The van der Waals surface area contributed by atoms with Crippen LogP contribution >= 0.6 is 0 Å². The van der Waals surface area contributed by atoms with Gasteiger partial charge in [-0.05, 0) is 38.1 Å². The van der Waals surface area contributed by atoms with Gasteiger partial charge in [0.1, 0.15) is 12.3 Å². The van der Waals surface area contributed by atoms with E-state index in [0.717, 1.165) is 0 Å². The highest BCUT2D eigenvalue weighted by molar-refractivity contribution is 5.95. The van der Waals surface area contributed by atoms with Crippen molar-refractivity contribution in [1.82, 2.24) is 4.90 Å². The molecule has 1 N–H and O–H groups in total. The van der Waals surface area contributed by atoms with Crippen LogP contribution in [0.2, 0.25) is 0 Å². The van der Waals surface area contributed by atoms with E-state index < -0.39 is 0 Å². The third kappa shape index (κ3) is 4.84. The zero-order valence-electron chi connectivity index (χ0n) is 14.2. The number of rotatable bonds is 6. The molecule has 2 rings (SSSR count). The summed E-state index contributed by atoms with van der Waals surface area (Å²) in [4.78, 5) is 25.4. The van der Waals surface area contributed by atoms with E-state index in [-0.39, 0.29) is 24.4 Å². The van der Waals surface area contributed by atoms with Crippen molar-refractivity contribution in [2.24, 2.45) is 0 Å². The Balaban J connectivity index is 2.09. The van der Waals surface area contributed by atoms with Gasteiger partial charge in [0, 0.05) is 13.0 Å². The zero-order chi connectivity index (χ0) is 17.5. The molecule has 0 saturated heterocycles. The topological polar surface area (TPSA) is 58.6 Å². The number of hydrogen-bond donors (Lipinski definition) is 1. The van der Waals surface area contributed by atoms with Crippen LogP contribution in [0, 0.1) is 0 Å². The molecule has 2 aromatic rings. The SMILES string of the molecule is CC(=O)N(CC(=O)Nc1ccccc1Oc1ccccc1)C(C)C. The normalized spacial score (nSPS) is 10.3. The van der Waals surface area contributed by atoms with Gasteiger partial charge in [-0.15, -0.1) is 0 Å². The molecule has 0 aliphatic heterocycles. The van der Waals surface area contributed by atoms with Crippen molar-refractivity contribution in [2.45, 2.75) is 26.8 Å². The first-order valence-electron chi connectivity index (χ1n) is 7.86. The van der Waals surface area contributed by atoms with Gasteiger partial charge in [-0.1, -0.05) is 30.3 Å². The van der Waals surface area contributed by atoms with Crippen molar-refractivity contribution >= 4 is 17.5 Å². The Morgan fingerprint density at radius 1 is 1.04 bits per heavy atom. The number of anilines is 1. The predicted molar refractivity (Wildman–Crippen MR) is 94.1 cm³/mol. The fourth-order valence-corrected chi connectivity index (χ4v) is 2.28. The third-order valence-corrected chi connectivity index (χ3v) is 3.47. The van der Waals surface area contributed by atoms with E-state index in [2.05, 4.69) is 5.32 Å². The summed E-state index contributed by atoms with van der Waals surface area (Å²) >= 11 is 0. The van der Waals surface area contributed by atoms with Crippen LogP contribution < -0.4 is 10.1 Å². The molecule has 5 heteroatoms. The van der Waals surface area contributed by atoms with Crippen LogP contribution in [-0.4, -0.2) is 29.3 Å². The summed E-state index contributed by atoms with van der Waals surface area (Å²) in [5.41, 5.74) is 0.568. The highest BCUT2D eigenvalue weighted by Crippen LogP contribution is 2.29. The summed E-state index contributed by atoms with van der Waals surface area (Å²) in [7, 11) is 0. The monoisotopic (exact) mass is 326 g/mol. The van der Waals surface area contributed by atoms with Gasteiger partial charge >= 0.3 is 0 Å². The molecule has 24 heavy (non-hydrogen) atoms. The second-order valence-corrected chi connectivity index (χ2v) is 5.70. The van der Waals surface area contributed by atoms with E-state index in [4.69, 9.17) is 4.74 Å². The number of hydrogen-bond acceptors (Lipinski definition) is 3. The van der Waals surface area contributed by atoms with Crippen molar-refractivity contribution < 1.29 is 14.3 Å². The molecule has 0 atom stereocenters. The fraction of sp³-hybridized carbons (Fsp3) is 0.263. The first-order chi connectivity index (χ1) is 11.5. The van der Waals surface area contributed by atoms with Crippen LogP contribution in [0.5, 0.6) is 11.5 Å². The zero-order valence-corrected chi connectivity index (χ0v) is 14.2. The lowest BCUT2D eigenvalue weighted by Gasteiger charge is -2.24. The number of ether oxygens (including phenoxy) is 1. The highest BCUT2D eigenvalue weighted by atomic mass is 16.5. The molecule has 2 aromatic carbocycles. The Labute approximate surface area is 142 Å². The average molecular weight is 326 g/mol. The van der Waals surface area contributed by atoms with Gasteiger partial charge < -0.3 is 15.0 Å². The van der Waals surface area contributed by atoms with E-state index in [1.807, 2.05) is 56.3 Å². The molecule has 5 nitrogen and oxygen atoms in total. The molecular formula is C19H22N2O3. The number of para-hydroxylation sites is 3. The smallest absolute Gasteiger partial charge is 0.244 e. The van der Waals surface area contributed by atoms with Crippen LogP contribution in [0.1, 0.15) is 20.8 Å². The molecule has 0 unspecified atom stereocenters. The standard InChI is InChI=1S/C19H22N2O3/c1-14(2)21(15(3)22)13-19(23)20-17-11-7-8-12-18(17)24-16-9-5-4-6-10-16/h4-12,14H,13H2,1-3H3,(H,20,23). The van der Waals surface area contributed by atoms with Crippen LogP contribution in [0.3, 0.4) is 0 Å². The first-order valence-corrected chi connectivity index (χ1v) is 7.86. The maximum Gasteiger partial charge on any atom is 0.244 e. The molecule has 0 aliphatic carbocycles. The van der Waals surface area contributed by atoms with Gasteiger partial charge in [-0.2, -0.15) is 0 Å². The lowest BCUT2D eigenvalue weighted by Crippen LogP contribution is -2.41. The van der Waals surface area contributed by atoms with E-state index in [0.29, 0.717) is 17.2 Å². The molecule has 2 amide bonds. The molecule has 0 bridgehead atoms. The summed E-state index contributed by atoms with van der Waals surface area (Å²) in [6.45, 7) is 5.22. The fourth-order valence-electron chi connectivity index (χ4n) is 2.28. The van der Waals surface area contributed by atoms with Crippen molar-refractivity contribution in [1.29, 1.82) is 0 Å². The number of carbonyl (C=O) groups excluding carboxylic acids is 2. The quantitative estimate of drug-likeness (QED) is 0.881. The summed E-state index contributed by atoms with van der Waals surface area (Å²) in [6.07, 6.45) is 0. The van der Waals surface area contributed by atoms with Gasteiger partial charge in [0.2, 0.25) is 11.8 Å². The van der Waals surface area contributed by atoms with Gasteiger partial charge in [-0.25, -0.2) is 0 Å². The van der Waals surface area contributed by atoms with Crippen molar-refractivity contribution in [3.8, 4) is 11.5 Å². The van der Waals surface area contributed by atoms with E-state index >= 15 is 0 Å². The molecule has 126 valence electrons. The van der Waals surface area contributed by atoms with Gasteiger partial charge in [0.15, 0.2) is 5.75 Å². The van der Waals surface area contributed by atoms with E-state index in [1.165, 1.54) is 11.8 Å². The second-order valence-electron chi connectivity index (χ2n) is 5.70. The minimum absolute atomic E-state index is 0.00662. The Kier molecular flexibility index (Phi) is 5.95. The molecule has 0 saturated carbocycles. The third-order valence-electron chi connectivity index (χ3n) is 3.47. The summed E-state index contributed by atoms with van der Waals surface area (Å²) < 4.78 is 5.81. The molecular weight excluding hydrogens is 304 g/mol. The lowest BCUT2D eigenvalue weighted by molar-refractivity contribution is -0.134. The first kappa shape index (κ1) is 17.5. The van der Waals surface area contributed by atoms with Crippen LogP contribution in [0.4, 0.5) is 5.69 Å². The molecule has 0 radical (unpaired) electrons. The minimum Gasteiger partial charge on any atom is -0.455 e. The van der Waals surface area contributed by atoms with E-state index in [1.54, 1.807) is 12.1 Å². The average Bonchev–Trinajstić information content (AvgIpc) is 2.55. The number of nitrogens with one attached hydrogen (secondary N) is 1. The van der Waals surface area contributed by atoms with Crippen molar-refractivity contribution in [2.75, 3.05) is 11.9 Å². The number of nitrogens with zero attached hydrogens (tertiary/aromatic N) is 1. The molecule has 0 heterocycles. The van der Waals surface area contributed by atoms with Crippen LogP contribution in [0.25, 0.3) is 0 Å². The second kappa shape index (κ2) is 8.15. The van der Waals surface area contributed by atoms with Gasteiger partial charge in [0.05, 0.1) is 5.69 Å². The van der Waals surface area contributed by atoms with Crippen LogP contribution in [-0.2, 0) is 9.59 Å².